The molecule has 0 atom stereocenters. The molecule has 0 aliphatic carbocycles. The minimum absolute atomic E-state index is 0.0867. The van der Waals surface area contributed by atoms with E-state index in [9.17, 15) is 4.79 Å². The first kappa shape index (κ1) is 21.4. The molecule has 29 heavy (non-hydrogen) atoms. The lowest BCUT2D eigenvalue weighted by Crippen LogP contribution is -2.49. The number of aromatic nitrogens is 3. The van der Waals surface area contributed by atoms with Crippen molar-refractivity contribution in [2.24, 2.45) is 0 Å². The Morgan fingerprint density at radius 1 is 1.03 bits per heavy atom. The predicted octanol–water partition coefficient (Wildman–Crippen LogP) is 3.05. The van der Waals surface area contributed by atoms with Crippen LogP contribution in [0.15, 0.2) is 6.07 Å². The van der Waals surface area contributed by atoms with Crippen LogP contribution in [0.4, 0.5) is 5.82 Å². The Kier molecular flexibility index (Phi) is 7.00. The zero-order chi connectivity index (χ0) is 21.0. The van der Waals surface area contributed by atoms with E-state index in [4.69, 9.17) is 4.98 Å². The van der Waals surface area contributed by atoms with Gasteiger partial charge in [-0.3, -0.25) is 9.69 Å². The first-order valence-electron chi connectivity index (χ1n) is 10.9. The van der Waals surface area contributed by atoms with Gasteiger partial charge in [-0.15, -0.1) is 0 Å². The molecule has 1 amide bonds. The van der Waals surface area contributed by atoms with Gasteiger partial charge < -0.3 is 9.80 Å². The van der Waals surface area contributed by atoms with E-state index in [-0.39, 0.29) is 11.7 Å². The molecule has 1 aliphatic heterocycles. The standard InChI is InChI=1S/C22H34N6O/c1-6-9-10-26-11-13-28(14-12-26)22(29)20-24-19-18(16(4)15-17(5)23-19)21(25-20)27(7-2)8-3/h15H,6-14H2,1-5H3. The molecular formula is C22H34N6O. The number of fused-ring (bicyclic) bond motifs is 1. The number of aryl methyl sites for hydroxylation is 2. The topological polar surface area (TPSA) is 65.5 Å². The number of rotatable bonds is 7. The quantitative estimate of drug-likeness (QED) is 0.714. The van der Waals surface area contributed by atoms with Gasteiger partial charge in [0.2, 0.25) is 5.82 Å². The van der Waals surface area contributed by atoms with E-state index in [0.29, 0.717) is 5.65 Å². The molecule has 3 rings (SSSR count). The number of piperazine rings is 1. The van der Waals surface area contributed by atoms with Crippen LogP contribution in [0.5, 0.6) is 0 Å². The molecule has 0 N–H and O–H groups in total. The second-order valence-electron chi connectivity index (χ2n) is 7.81. The second kappa shape index (κ2) is 9.48. The first-order valence-corrected chi connectivity index (χ1v) is 10.9. The highest BCUT2D eigenvalue weighted by Gasteiger charge is 2.26. The van der Waals surface area contributed by atoms with Gasteiger partial charge in [-0.1, -0.05) is 13.3 Å². The number of unbranched alkanes of at least 4 members (excludes halogenated alkanes) is 1. The van der Waals surface area contributed by atoms with Crippen LogP contribution in [-0.2, 0) is 0 Å². The molecule has 1 saturated heterocycles. The highest BCUT2D eigenvalue weighted by molar-refractivity contribution is 5.96. The highest BCUT2D eigenvalue weighted by atomic mass is 16.2. The molecule has 0 spiro atoms. The summed E-state index contributed by atoms with van der Waals surface area (Å²) < 4.78 is 0. The maximum absolute atomic E-state index is 13.2. The van der Waals surface area contributed by atoms with Crippen molar-refractivity contribution in [2.45, 2.75) is 47.5 Å². The molecule has 0 unspecified atom stereocenters. The van der Waals surface area contributed by atoms with Gasteiger partial charge in [0.25, 0.3) is 5.91 Å². The number of carbonyl (C=O) groups excluding carboxylic acids is 1. The Morgan fingerprint density at radius 3 is 2.34 bits per heavy atom. The number of pyridine rings is 1. The van der Waals surface area contributed by atoms with E-state index in [1.54, 1.807) is 0 Å². The summed E-state index contributed by atoms with van der Waals surface area (Å²) in [6.07, 6.45) is 2.41. The minimum atomic E-state index is -0.0867. The summed E-state index contributed by atoms with van der Waals surface area (Å²) in [5.41, 5.74) is 2.62. The van der Waals surface area contributed by atoms with Gasteiger partial charge in [0, 0.05) is 45.0 Å². The lowest BCUT2D eigenvalue weighted by atomic mass is 10.1. The Hall–Kier alpha value is -2.28. The Balaban J connectivity index is 1.92. The molecular weight excluding hydrogens is 364 g/mol. The fraction of sp³-hybridized carbons (Fsp3) is 0.636. The average molecular weight is 399 g/mol. The summed E-state index contributed by atoms with van der Waals surface area (Å²) in [4.78, 5) is 33.7. The molecule has 7 heteroatoms. The van der Waals surface area contributed by atoms with E-state index in [1.165, 1.54) is 12.8 Å². The maximum Gasteiger partial charge on any atom is 0.291 e. The van der Waals surface area contributed by atoms with Crippen LogP contribution in [0, 0.1) is 13.8 Å². The van der Waals surface area contributed by atoms with Crippen LogP contribution in [0.2, 0.25) is 0 Å². The highest BCUT2D eigenvalue weighted by Crippen LogP contribution is 2.27. The molecule has 2 aromatic heterocycles. The Morgan fingerprint density at radius 2 is 1.72 bits per heavy atom. The van der Waals surface area contributed by atoms with Crippen LogP contribution < -0.4 is 4.90 Å². The summed E-state index contributed by atoms with van der Waals surface area (Å²) in [5, 5.41) is 0.945. The molecule has 1 fully saturated rings. The summed E-state index contributed by atoms with van der Waals surface area (Å²) in [7, 11) is 0. The van der Waals surface area contributed by atoms with Crippen molar-refractivity contribution < 1.29 is 4.79 Å². The van der Waals surface area contributed by atoms with Crippen molar-refractivity contribution >= 4 is 22.8 Å². The monoisotopic (exact) mass is 398 g/mol. The average Bonchev–Trinajstić information content (AvgIpc) is 2.72. The largest absolute Gasteiger partial charge is 0.356 e. The molecule has 2 aromatic rings. The first-order chi connectivity index (χ1) is 14.0. The Bertz CT molecular complexity index is 856. The van der Waals surface area contributed by atoms with Crippen molar-refractivity contribution in [3.05, 3.63) is 23.1 Å². The van der Waals surface area contributed by atoms with Gasteiger partial charge in [-0.25, -0.2) is 15.0 Å². The fourth-order valence-electron chi connectivity index (χ4n) is 4.00. The van der Waals surface area contributed by atoms with Gasteiger partial charge in [0.1, 0.15) is 5.82 Å². The zero-order valence-corrected chi connectivity index (χ0v) is 18.5. The number of anilines is 1. The second-order valence-corrected chi connectivity index (χ2v) is 7.81. The van der Waals surface area contributed by atoms with E-state index in [2.05, 4.69) is 53.5 Å². The number of amides is 1. The molecule has 1 aliphatic rings. The molecule has 3 heterocycles. The smallest absolute Gasteiger partial charge is 0.291 e. The summed E-state index contributed by atoms with van der Waals surface area (Å²) in [5.74, 6) is 0.991. The molecule has 0 saturated carbocycles. The molecule has 7 nitrogen and oxygen atoms in total. The van der Waals surface area contributed by atoms with Gasteiger partial charge >= 0.3 is 0 Å². The van der Waals surface area contributed by atoms with E-state index >= 15 is 0 Å². The third-order valence-electron chi connectivity index (χ3n) is 5.71. The SMILES string of the molecule is CCCCN1CCN(C(=O)c2nc(N(CC)CC)c3c(C)cc(C)nc3n2)CC1. The van der Waals surface area contributed by atoms with E-state index in [0.717, 1.165) is 68.3 Å². The van der Waals surface area contributed by atoms with Crippen molar-refractivity contribution in [1.82, 2.24) is 24.8 Å². The molecule has 0 radical (unpaired) electrons. The van der Waals surface area contributed by atoms with Crippen LogP contribution in [-0.4, -0.2) is 76.5 Å². The van der Waals surface area contributed by atoms with Crippen LogP contribution in [0.25, 0.3) is 11.0 Å². The van der Waals surface area contributed by atoms with Crippen molar-refractivity contribution in [1.29, 1.82) is 0 Å². The lowest BCUT2D eigenvalue weighted by molar-refractivity contribution is 0.0624. The van der Waals surface area contributed by atoms with Gasteiger partial charge in [-0.2, -0.15) is 0 Å². The van der Waals surface area contributed by atoms with Crippen molar-refractivity contribution in [2.75, 3.05) is 50.7 Å². The molecule has 0 bridgehead atoms. The van der Waals surface area contributed by atoms with Gasteiger partial charge in [-0.05, 0) is 52.3 Å². The Labute approximate surface area is 174 Å². The molecule has 158 valence electrons. The summed E-state index contributed by atoms with van der Waals surface area (Å²) in [6.45, 7) is 16.5. The van der Waals surface area contributed by atoms with Crippen molar-refractivity contribution in [3.8, 4) is 0 Å². The van der Waals surface area contributed by atoms with Crippen LogP contribution in [0.1, 0.15) is 55.5 Å². The van der Waals surface area contributed by atoms with E-state index < -0.39 is 0 Å². The van der Waals surface area contributed by atoms with Crippen LogP contribution >= 0.6 is 0 Å². The maximum atomic E-state index is 13.2. The number of carbonyl (C=O) groups is 1. The number of nitrogens with zero attached hydrogens (tertiary/aromatic N) is 6. The third-order valence-corrected chi connectivity index (χ3v) is 5.71. The third kappa shape index (κ3) is 4.66. The number of hydrogen-bond donors (Lipinski definition) is 0. The fourth-order valence-corrected chi connectivity index (χ4v) is 4.00. The summed E-state index contributed by atoms with van der Waals surface area (Å²) in [6, 6.07) is 2.05. The lowest BCUT2D eigenvalue weighted by Gasteiger charge is -2.34. The zero-order valence-electron chi connectivity index (χ0n) is 18.5. The molecule has 0 aromatic carbocycles. The van der Waals surface area contributed by atoms with Gasteiger partial charge in [0.15, 0.2) is 5.65 Å². The minimum Gasteiger partial charge on any atom is -0.356 e. The van der Waals surface area contributed by atoms with Crippen molar-refractivity contribution in [3.63, 3.8) is 0 Å². The predicted molar refractivity (Wildman–Crippen MR) is 118 cm³/mol. The summed E-state index contributed by atoms with van der Waals surface area (Å²) >= 11 is 0. The normalized spacial score (nSPS) is 15.1. The van der Waals surface area contributed by atoms with Gasteiger partial charge in [0.05, 0.1) is 5.39 Å². The number of hydrogen-bond acceptors (Lipinski definition) is 6. The van der Waals surface area contributed by atoms with Crippen LogP contribution in [0.3, 0.4) is 0 Å². The van der Waals surface area contributed by atoms with E-state index in [1.807, 2.05) is 11.8 Å².